The molecule has 2 rings (SSSR count). The Labute approximate surface area is 114 Å². The molecule has 1 heterocycles. The van der Waals surface area contributed by atoms with E-state index in [1.165, 1.54) is 11.1 Å². The Hall–Kier alpha value is -2.10. The normalized spacial score (nSPS) is 10.2. The first-order valence-electron chi connectivity index (χ1n) is 6.65. The predicted molar refractivity (Wildman–Crippen MR) is 79.3 cm³/mol. The van der Waals surface area contributed by atoms with Crippen molar-refractivity contribution in [3.63, 3.8) is 0 Å². The largest absolute Gasteiger partial charge is 0.366 e. The smallest absolute Gasteiger partial charge is 0.224 e. The number of rotatable bonds is 6. The highest BCUT2D eigenvalue weighted by atomic mass is 15.1. The molecule has 19 heavy (non-hydrogen) atoms. The van der Waals surface area contributed by atoms with Gasteiger partial charge in [-0.2, -0.15) is 4.98 Å². The second kappa shape index (κ2) is 6.73. The van der Waals surface area contributed by atoms with E-state index in [4.69, 9.17) is 0 Å². The third-order valence-corrected chi connectivity index (χ3v) is 2.91. The summed E-state index contributed by atoms with van der Waals surface area (Å²) in [5, 5.41) is 6.51. The van der Waals surface area contributed by atoms with Crippen molar-refractivity contribution in [3.8, 4) is 0 Å². The van der Waals surface area contributed by atoms with Crippen LogP contribution in [0.1, 0.15) is 24.5 Å². The Morgan fingerprint density at radius 3 is 2.74 bits per heavy atom. The van der Waals surface area contributed by atoms with Gasteiger partial charge in [-0.25, -0.2) is 4.98 Å². The first kappa shape index (κ1) is 13.3. The van der Waals surface area contributed by atoms with Gasteiger partial charge >= 0.3 is 0 Å². The topological polar surface area (TPSA) is 49.8 Å². The van der Waals surface area contributed by atoms with Gasteiger partial charge in [-0.05, 0) is 30.5 Å². The minimum atomic E-state index is 0.677. The molecule has 1 aromatic carbocycles. The van der Waals surface area contributed by atoms with Crippen molar-refractivity contribution >= 4 is 11.8 Å². The Balaban J connectivity index is 1.98. The van der Waals surface area contributed by atoms with Crippen LogP contribution in [-0.4, -0.2) is 16.5 Å². The monoisotopic (exact) mass is 256 g/mol. The Morgan fingerprint density at radius 2 is 1.95 bits per heavy atom. The molecule has 4 nitrogen and oxygen atoms in total. The van der Waals surface area contributed by atoms with Crippen molar-refractivity contribution in [2.45, 2.75) is 26.8 Å². The molecule has 2 N–H and O–H groups in total. The number of nitrogens with one attached hydrogen (secondary N) is 2. The summed E-state index contributed by atoms with van der Waals surface area (Å²) in [6.45, 7) is 5.90. The van der Waals surface area contributed by atoms with Crippen molar-refractivity contribution in [1.82, 2.24) is 9.97 Å². The number of aromatic nitrogens is 2. The number of aryl methyl sites for hydroxylation is 1. The van der Waals surface area contributed by atoms with Gasteiger partial charge in [0.05, 0.1) is 0 Å². The number of anilines is 2. The van der Waals surface area contributed by atoms with Crippen molar-refractivity contribution < 1.29 is 0 Å². The number of hydrogen-bond donors (Lipinski definition) is 2. The highest BCUT2D eigenvalue weighted by Crippen LogP contribution is 2.11. The van der Waals surface area contributed by atoms with E-state index in [1.54, 1.807) is 6.20 Å². The third-order valence-electron chi connectivity index (χ3n) is 2.91. The van der Waals surface area contributed by atoms with Gasteiger partial charge < -0.3 is 10.6 Å². The fourth-order valence-electron chi connectivity index (χ4n) is 1.77. The summed E-state index contributed by atoms with van der Waals surface area (Å²) in [6, 6.07) is 10.2. The fraction of sp³-hybridized carbons (Fsp3) is 0.333. The maximum Gasteiger partial charge on any atom is 0.224 e. The standard InChI is InChI=1S/C15H20N4/c1-3-9-16-15-17-10-8-14(19-15)18-11-13-7-5-4-6-12(13)2/h4-8,10H,3,9,11H2,1-2H3,(H2,16,17,18,19). The van der Waals surface area contributed by atoms with Crippen LogP contribution in [0.5, 0.6) is 0 Å². The summed E-state index contributed by atoms with van der Waals surface area (Å²) >= 11 is 0. The van der Waals surface area contributed by atoms with E-state index < -0.39 is 0 Å². The van der Waals surface area contributed by atoms with E-state index in [1.807, 2.05) is 6.07 Å². The molecule has 0 aliphatic heterocycles. The zero-order valence-electron chi connectivity index (χ0n) is 11.5. The van der Waals surface area contributed by atoms with Gasteiger partial charge in [0, 0.05) is 19.3 Å². The molecule has 1 aromatic heterocycles. The molecule has 100 valence electrons. The lowest BCUT2D eigenvalue weighted by Crippen LogP contribution is -2.07. The summed E-state index contributed by atoms with van der Waals surface area (Å²) in [6.07, 6.45) is 2.83. The number of benzene rings is 1. The van der Waals surface area contributed by atoms with Crippen LogP contribution >= 0.6 is 0 Å². The lowest BCUT2D eigenvalue weighted by atomic mass is 10.1. The summed E-state index contributed by atoms with van der Waals surface area (Å²) in [5.41, 5.74) is 2.57. The van der Waals surface area contributed by atoms with E-state index in [9.17, 15) is 0 Å². The lowest BCUT2D eigenvalue weighted by molar-refractivity contribution is 0.950. The molecule has 0 radical (unpaired) electrons. The highest BCUT2D eigenvalue weighted by molar-refractivity contribution is 5.41. The molecule has 0 atom stereocenters. The summed E-state index contributed by atoms with van der Waals surface area (Å²) < 4.78 is 0. The molecule has 2 aromatic rings. The van der Waals surface area contributed by atoms with Crippen molar-refractivity contribution in [3.05, 3.63) is 47.7 Å². The van der Waals surface area contributed by atoms with E-state index in [0.29, 0.717) is 5.95 Å². The third kappa shape index (κ3) is 3.95. The molecule has 0 fully saturated rings. The second-order valence-electron chi connectivity index (χ2n) is 4.47. The van der Waals surface area contributed by atoms with Crippen molar-refractivity contribution in [1.29, 1.82) is 0 Å². The summed E-state index contributed by atoms with van der Waals surface area (Å²) in [7, 11) is 0. The van der Waals surface area contributed by atoms with Gasteiger partial charge in [-0.1, -0.05) is 31.2 Å². The van der Waals surface area contributed by atoms with Crippen LogP contribution in [0.4, 0.5) is 11.8 Å². The SMILES string of the molecule is CCCNc1nccc(NCc2ccccc2C)n1. The van der Waals surface area contributed by atoms with Crippen LogP contribution in [0.25, 0.3) is 0 Å². The molecule has 0 saturated heterocycles. The van der Waals surface area contributed by atoms with Gasteiger partial charge in [0.15, 0.2) is 0 Å². The van der Waals surface area contributed by atoms with Gasteiger partial charge in [0.1, 0.15) is 5.82 Å². The maximum atomic E-state index is 4.42. The van der Waals surface area contributed by atoms with Gasteiger partial charge in [0.25, 0.3) is 0 Å². The maximum absolute atomic E-state index is 4.42. The zero-order valence-corrected chi connectivity index (χ0v) is 11.5. The minimum absolute atomic E-state index is 0.677. The van der Waals surface area contributed by atoms with E-state index in [0.717, 1.165) is 25.3 Å². The predicted octanol–water partition coefficient (Wildman–Crippen LogP) is 3.22. The summed E-state index contributed by atoms with van der Waals surface area (Å²) in [4.78, 5) is 8.61. The van der Waals surface area contributed by atoms with E-state index in [2.05, 4.69) is 58.7 Å². The highest BCUT2D eigenvalue weighted by Gasteiger charge is 2.00. The van der Waals surface area contributed by atoms with Gasteiger partial charge in [-0.3, -0.25) is 0 Å². The first-order valence-corrected chi connectivity index (χ1v) is 6.65. The number of hydrogen-bond acceptors (Lipinski definition) is 4. The zero-order chi connectivity index (χ0) is 13.5. The van der Waals surface area contributed by atoms with E-state index >= 15 is 0 Å². The van der Waals surface area contributed by atoms with Crippen LogP contribution in [0.15, 0.2) is 36.5 Å². The van der Waals surface area contributed by atoms with Gasteiger partial charge in [-0.15, -0.1) is 0 Å². The van der Waals surface area contributed by atoms with Crippen LogP contribution in [0, 0.1) is 6.92 Å². The van der Waals surface area contributed by atoms with Crippen LogP contribution in [0.3, 0.4) is 0 Å². The van der Waals surface area contributed by atoms with Gasteiger partial charge in [0.2, 0.25) is 5.95 Å². The molecule has 0 bridgehead atoms. The quantitative estimate of drug-likeness (QED) is 0.833. The second-order valence-corrected chi connectivity index (χ2v) is 4.47. The van der Waals surface area contributed by atoms with E-state index in [-0.39, 0.29) is 0 Å². The molecule has 0 saturated carbocycles. The number of nitrogens with zero attached hydrogens (tertiary/aromatic N) is 2. The summed E-state index contributed by atoms with van der Waals surface area (Å²) in [5.74, 6) is 1.52. The van der Waals surface area contributed by atoms with Crippen LogP contribution in [0.2, 0.25) is 0 Å². The molecule has 0 unspecified atom stereocenters. The fourth-order valence-corrected chi connectivity index (χ4v) is 1.77. The Bertz CT molecular complexity index is 525. The molecular formula is C15H20N4. The molecular weight excluding hydrogens is 236 g/mol. The van der Waals surface area contributed by atoms with Crippen LogP contribution < -0.4 is 10.6 Å². The van der Waals surface area contributed by atoms with Crippen LogP contribution in [-0.2, 0) is 6.54 Å². The van der Waals surface area contributed by atoms with Crippen molar-refractivity contribution in [2.24, 2.45) is 0 Å². The molecule has 4 heteroatoms. The Kier molecular flexibility index (Phi) is 4.72. The average Bonchev–Trinajstić information content (AvgIpc) is 2.45. The Morgan fingerprint density at radius 1 is 1.11 bits per heavy atom. The lowest BCUT2D eigenvalue weighted by Gasteiger charge is -2.09. The minimum Gasteiger partial charge on any atom is -0.366 e. The van der Waals surface area contributed by atoms with Crippen molar-refractivity contribution in [2.75, 3.05) is 17.2 Å². The average molecular weight is 256 g/mol. The molecule has 0 aliphatic carbocycles. The molecule has 0 aliphatic rings. The first-order chi connectivity index (χ1) is 9.29. The molecule has 0 spiro atoms. The molecule has 0 amide bonds.